The van der Waals surface area contributed by atoms with Gasteiger partial charge in [0, 0.05) is 15.2 Å². The van der Waals surface area contributed by atoms with Gasteiger partial charge < -0.3 is 0 Å². The molecule has 4 aromatic rings. The largest absolute Gasteiger partial charge is 0.144 e. The molecular formula is C39H46S2. The molecule has 0 saturated carbocycles. The van der Waals surface area contributed by atoms with Crippen molar-refractivity contribution in [1.82, 2.24) is 0 Å². The maximum absolute atomic E-state index is 2.70. The van der Waals surface area contributed by atoms with Crippen molar-refractivity contribution < 1.29 is 0 Å². The molecule has 0 spiro atoms. The summed E-state index contributed by atoms with van der Waals surface area (Å²) in [4.78, 5) is 3.08. The van der Waals surface area contributed by atoms with Crippen molar-refractivity contribution in [2.45, 2.75) is 122 Å². The summed E-state index contributed by atoms with van der Waals surface area (Å²) in [5.41, 5.74) is 16.0. The third-order valence-electron chi connectivity index (χ3n) is 10.5. The first-order valence-electron chi connectivity index (χ1n) is 16.7. The van der Waals surface area contributed by atoms with E-state index in [2.05, 4.69) is 61.0 Å². The second-order valence-corrected chi connectivity index (χ2v) is 15.0. The minimum atomic E-state index is 0.157. The first kappa shape index (κ1) is 27.7. The molecule has 3 aliphatic rings. The van der Waals surface area contributed by atoms with E-state index in [1.165, 1.54) is 99.6 Å². The smallest absolute Gasteiger partial charge is 0.0381 e. The zero-order chi connectivity index (χ0) is 27.8. The summed E-state index contributed by atoms with van der Waals surface area (Å²) in [5, 5.41) is 4.61. The Morgan fingerprint density at radius 3 is 1.41 bits per heavy atom. The van der Waals surface area contributed by atoms with Crippen LogP contribution in [0.5, 0.6) is 0 Å². The molecule has 0 fully saturated rings. The molecule has 0 unspecified atom stereocenters. The number of rotatable bonds is 14. The topological polar surface area (TPSA) is 0 Å². The molecule has 0 aliphatic heterocycles. The number of benzene rings is 2. The monoisotopic (exact) mass is 578 g/mol. The number of fused-ring (bicyclic) bond motifs is 9. The van der Waals surface area contributed by atoms with E-state index in [4.69, 9.17) is 0 Å². The van der Waals surface area contributed by atoms with E-state index in [0.717, 1.165) is 12.8 Å². The lowest BCUT2D eigenvalue weighted by molar-refractivity contribution is 0.398. The van der Waals surface area contributed by atoms with Gasteiger partial charge in [0.05, 0.1) is 0 Å². The van der Waals surface area contributed by atoms with Crippen LogP contribution in [-0.2, 0) is 18.3 Å². The van der Waals surface area contributed by atoms with Gasteiger partial charge in [-0.2, -0.15) is 0 Å². The summed E-state index contributed by atoms with van der Waals surface area (Å²) in [7, 11) is 0. The van der Waals surface area contributed by atoms with Crippen molar-refractivity contribution in [3.8, 4) is 32.0 Å². The molecule has 0 bridgehead atoms. The van der Waals surface area contributed by atoms with Crippen LogP contribution in [-0.4, -0.2) is 0 Å². The predicted molar refractivity (Wildman–Crippen MR) is 181 cm³/mol. The molecule has 2 heteroatoms. The second-order valence-electron chi connectivity index (χ2n) is 13.1. The summed E-state index contributed by atoms with van der Waals surface area (Å²) < 4.78 is 0. The highest BCUT2D eigenvalue weighted by Gasteiger charge is 2.44. The van der Waals surface area contributed by atoms with E-state index in [-0.39, 0.29) is 5.41 Å². The average Bonchev–Trinajstić information content (AvgIpc) is 3.78. The fourth-order valence-electron chi connectivity index (χ4n) is 8.30. The molecule has 0 nitrogen and oxygen atoms in total. The number of hydrogen-bond acceptors (Lipinski definition) is 2. The first-order valence-corrected chi connectivity index (χ1v) is 18.5. The van der Waals surface area contributed by atoms with Gasteiger partial charge in [-0.05, 0) is 128 Å². The Morgan fingerprint density at radius 2 is 0.951 bits per heavy atom. The van der Waals surface area contributed by atoms with Gasteiger partial charge in [0.15, 0.2) is 0 Å². The average molecular weight is 579 g/mol. The quantitative estimate of drug-likeness (QED) is 0.113. The molecule has 0 saturated heterocycles. The summed E-state index contributed by atoms with van der Waals surface area (Å²) in [6.07, 6.45) is 21.3. The highest BCUT2D eigenvalue weighted by Crippen LogP contribution is 2.59. The van der Waals surface area contributed by atoms with Crippen LogP contribution in [0.1, 0.15) is 137 Å². The van der Waals surface area contributed by atoms with Crippen LogP contribution in [0.3, 0.4) is 0 Å². The maximum atomic E-state index is 2.70. The van der Waals surface area contributed by atoms with Crippen molar-refractivity contribution >= 4 is 22.7 Å². The normalized spacial score (nSPS) is 15.0. The van der Waals surface area contributed by atoms with Crippen molar-refractivity contribution in [2.75, 3.05) is 0 Å². The van der Waals surface area contributed by atoms with Crippen LogP contribution in [0.2, 0.25) is 0 Å². The third-order valence-corrected chi connectivity index (χ3v) is 12.4. The van der Waals surface area contributed by atoms with Gasteiger partial charge in [0.25, 0.3) is 0 Å². The Kier molecular flexibility index (Phi) is 7.99. The van der Waals surface area contributed by atoms with Gasteiger partial charge >= 0.3 is 0 Å². The summed E-state index contributed by atoms with van der Waals surface area (Å²) in [6.45, 7) is 4.66. The third kappa shape index (κ3) is 4.88. The molecule has 2 aromatic heterocycles. The minimum Gasteiger partial charge on any atom is -0.144 e. The Bertz CT molecular complexity index is 1410. The fourth-order valence-corrected chi connectivity index (χ4v) is 10.3. The summed E-state index contributed by atoms with van der Waals surface area (Å²) in [5.74, 6) is 0. The molecule has 2 aromatic carbocycles. The number of thiophene rings is 2. The van der Waals surface area contributed by atoms with E-state index in [1.807, 2.05) is 22.7 Å². The van der Waals surface area contributed by atoms with E-state index in [1.54, 1.807) is 55.6 Å². The van der Waals surface area contributed by atoms with Gasteiger partial charge in [-0.3, -0.25) is 0 Å². The highest BCUT2D eigenvalue weighted by molar-refractivity contribution is 7.14. The van der Waals surface area contributed by atoms with Crippen LogP contribution >= 0.6 is 22.7 Å². The molecular weight excluding hydrogens is 533 g/mol. The van der Waals surface area contributed by atoms with Gasteiger partial charge in [0.2, 0.25) is 0 Å². The van der Waals surface area contributed by atoms with Crippen molar-refractivity contribution in [3.05, 3.63) is 80.5 Å². The Hall–Kier alpha value is -2.16. The molecule has 41 heavy (non-hydrogen) atoms. The van der Waals surface area contributed by atoms with Crippen molar-refractivity contribution in [1.29, 1.82) is 0 Å². The second kappa shape index (κ2) is 11.8. The van der Waals surface area contributed by atoms with Gasteiger partial charge in [-0.25, -0.2) is 0 Å². The molecule has 214 valence electrons. The van der Waals surface area contributed by atoms with Gasteiger partial charge in [-0.1, -0.05) is 90.9 Å². The van der Waals surface area contributed by atoms with Crippen molar-refractivity contribution in [2.24, 2.45) is 0 Å². The standard InChI is InChI=1S/C39H46S2/c1-3-5-7-9-11-13-17-39(18-14-12-10-8-6-4-2)35-25-31-29(21-27-15-19-40-37(27)31)23-33(35)34-24-30-22-28-16-20-41-38(28)32(30)26-36(34)39/h15-16,19-20,23-26H,3-14,17-18,21-22H2,1-2H3. The Morgan fingerprint density at radius 1 is 0.512 bits per heavy atom. The first-order chi connectivity index (χ1) is 20.2. The number of hydrogen-bond donors (Lipinski definition) is 0. The zero-order valence-corrected chi connectivity index (χ0v) is 26.9. The lowest BCUT2D eigenvalue weighted by Crippen LogP contribution is -2.26. The molecule has 0 amide bonds. The van der Waals surface area contributed by atoms with Crippen molar-refractivity contribution in [3.63, 3.8) is 0 Å². The predicted octanol–water partition coefficient (Wildman–Crippen LogP) is 12.7. The van der Waals surface area contributed by atoms with E-state index >= 15 is 0 Å². The molecule has 3 aliphatic carbocycles. The molecule has 2 heterocycles. The Balaban J connectivity index is 1.31. The van der Waals surface area contributed by atoms with Crippen LogP contribution in [0.15, 0.2) is 47.2 Å². The van der Waals surface area contributed by atoms with Crippen LogP contribution in [0, 0.1) is 0 Å². The van der Waals surface area contributed by atoms with Crippen LogP contribution in [0.25, 0.3) is 32.0 Å². The fraction of sp³-hybridized carbons (Fsp3) is 0.487. The highest BCUT2D eigenvalue weighted by atomic mass is 32.1. The summed E-state index contributed by atoms with van der Waals surface area (Å²) >= 11 is 3.91. The SMILES string of the molecule is CCCCCCCCC1(CCCCCCCC)c2cc3c(cc2-c2cc4c(cc21)-c1sccc1C4)Cc1ccsc1-3. The van der Waals surface area contributed by atoms with E-state index in [9.17, 15) is 0 Å². The van der Waals surface area contributed by atoms with Gasteiger partial charge in [0.1, 0.15) is 0 Å². The lowest BCUT2D eigenvalue weighted by atomic mass is 9.70. The van der Waals surface area contributed by atoms with E-state index < -0.39 is 0 Å². The van der Waals surface area contributed by atoms with E-state index in [0.29, 0.717) is 0 Å². The van der Waals surface area contributed by atoms with Crippen LogP contribution in [0.4, 0.5) is 0 Å². The maximum Gasteiger partial charge on any atom is 0.0381 e. The summed E-state index contributed by atoms with van der Waals surface area (Å²) in [6, 6.07) is 15.4. The molecule has 7 rings (SSSR count). The lowest BCUT2D eigenvalue weighted by Gasteiger charge is -2.33. The Labute approximate surface area is 256 Å². The molecule has 0 radical (unpaired) electrons. The zero-order valence-electron chi connectivity index (χ0n) is 25.2. The molecule has 0 N–H and O–H groups in total. The molecule has 0 atom stereocenters. The number of unbranched alkanes of at least 4 members (excludes halogenated alkanes) is 10. The minimum absolute atomic E-state index is 0.157. The van der Waals surface area contributed by atoms with Gasteiger partial charge in [-0.15, -0.1) is 22.7 Å². The van der Waals surface area contributed by atoms with Crippen LogP contribution < -0.4 is 0 Å².